The van der Waals surface area contributed by atoms with Gasteiger partial charge in [-0.05, 0) is 109 Å². The number of unbranched alkanes of at least 4 members (excludes halogenated alkanes) is 3. The lowest BCUT2D eigenvalue weighted by Gasteiger charge is -2.47. The molecular weight excluding hydrogens is 1530 g/mol. The summed E-state index contributed by atoms with van der Waals surface area (Å²) in [5, 5.41) is 157. The van der Waals surface area contributed by atoms with E-state index >= 15 is 14.4 Å². The van der Waals surface area contributed by atoms with Crippen molar-refractivity contribution >= 4 is 76.4 Å². The van der Waals surface area contributed by atoms with Gasteiger partial charge in [0.1, 0.15) is 120 Å². The molecule has 7 aliphatic rings. The first-order valence-corrected chi connectivity index (χ1v) is 37.1. The number of aliphatic hydroxyl groups is 8. The van der Waals surface area contributed by atoms with Crippen LogP contribution in [0, 0.1) is 11.8 Å². The van der Waals surface area contributed by atoms with Gasteiger partial charge in [0.15, 0.2) is 23.8 Å². The van der Waals surface area contributed by atoms with Gasteiger partial charge >= 0.3 is 5.97 Å². The highest BCUT2D eigenvalue weighted by molar-refractivity contribution is 6.32. The van der Waals surface area contributed by atoms with Crippen LogP contribution in [0.2, 0.25) is 10.0 Å². The maximum atomic E-state index is 16.1. The van der Waals surface area contributed by atoms with Crippen molar-refractivity contribution in [2.75, 3.05) is 20.3 Å². The molecule has 0 spiro atoms. The van der Waals surface area contributed by atoms with Crippen LogP contribution in [-0.4, -0.2) is 220 Å². The third kappa shape index (κ3) is 19.7. The molecule has 8 amide bonds. The fraction of sp³-hybridized carbons (Fsp3) is 0.480. The standard InChI is InChI=1S/C75H91Cl2N9O27/c1-29(2)10-8-6-7-9-11-51(93)81-58-62(97)61(96)48(27-87)110-74(58)113-66-49(28-88)111-75(64(99)63(66)98)112-65-46-22-34-23-47(65)109-45-17-14-33(21-39(45)77)60(95)57-72(105)84-55(73(106)107)37-24-35(89)25-43(91)52(37)36-19-31(12-15-42(36)90)53(69(102)86-57)83-70(103)54(34)82-68(101)41(26-50(78)92)80-71(104)56(85-67(100)40(79-5)18-30(3)4)59(94)32-13-16-44(108-46)38(76)20-32/h12-17,19-25,29-30,40-41,48-49,53-64,66,74-75,79,87-91,94-99H,6-11,18,26-28H2,1-5H3,(H2,78,92)(H,80,104)(H,81,93)(H,82,101)(H,83,103)(H,84,105)(H,85,100)(H,86,102)(H,106,107)/t40-,41+,48-,49-,53-,54-,55+,56-,57+,58-,59-,60-,61-,62-,63-,64-,66-,74+,75+/m1/s1. The van der Waals surface area contributed by atoms with Crippen LogP contribution in [0.4, 0.5) is 0 Å². The second-order valence-electron chi connectivity index (χ2n) is 28.9. The minimum atomic E-state index is -2.40. The van der Waals surface area contributed by atoms with E-state index in [-0.39, 0.29) is 35.4 Å². The molecule has 7 heterocycles. The number of aromatic hydroxyl groups is 3. The average Bonchev–Trinajstić information content (AvgIpc) is 0.757. The molecule has 5 aromatic rings. The Balaban J connectivity index is 1.15. The number of nitrogens with one attached hydrogen (secondary N) is 8. The molecule has 0 aliphatic carbocycles. The van der Waals surface area contributed by atoms with Crippen molar-refractivity contribution in [1.82, 2.24) is 42.5 Å². The number of nitrogens with two attached hydrogens (primary N) is 1. The summed E-state index contributed by atoms with van der Waals surface area (Å²) in [7, 11) is 1.46. The van der Waals surface area contributed by atoms with Crippen LogP contribution in [0.1, 0.15) is 137 Å². The molecule has 5 aromatic carbocycles. The lowest BCUT2D eigenvalue weighted by atomic mass is 9.89. The summed E-state index contributed by atoms with van der Waals surface area (Å²) in [6.07, 6.45) is -19.2. The third-order valence-electron chi connectivity index (χ3n) is 19.8. The van der Waals surface area contributed by atoms with Crippen molar-refractivity contribution in [2.24, 2.45) is 17.6 Å². The van der Waals surface area contributed by atoms with Gasteiger partial charge in [-0.2, -0.15) is 0 Å². The predicted molar refractivity (Wildman–Crippen MR) is 394 cm³/mol. The summed E-state index contributed by atoms with van der Waals surface area (Å²) in [4.78, 5) is 131. The van der Waals surface area contributed by atoms with E-state index in [1.165, 1.54) is 13.1 Å². The number of carboxylic acids is 1. The summed E-state index contributed by atoms with van der Waals surface area (Å²) < 4.78 is 37.9. The zero-order valence-electron chi connectivity index (χ0n) is 61.5. The smallest absolute Gasteiger partial charge is 0.330 e. The Morgan fingerprint density at radius 1 is 0.593 bits per heavy atom. The first kappa shape index (κ1) is 85.7. The highest BCUT2D eigenvalue weighted by Gasteiger charge is 2.53. The molecule has 2 fully saturated rings. The first-order chi connectivity index (χ1) is 53.6. The maximum Gasteiger partial charge on any atom is 0.330 e. The molecule has 612 valence electrons. The van der Waals surface area contributed by atoms with E-state index < -0.39 is 267 Å². The summed E-state index contributed by atoms with van der Waals surface area (Å²) in [6.45, 7) is 5.78. The van der Waals surface area contributed by atoms with E-state index in [1.807, 2.05) is 0 Å². The van der Waals surface area contributed by atoms with Gasteiger partial charge in [-0.3, -0.25) is 38.4 Å². The van der Waals surface area contributed by atoms with Gasteiger partial charge in [-0.25, -0.2) is 4.79 Å². The average molecular weight is 1620 g/mol. The first-order valence-electron chi connectivity index (χ1n) is 36.3. The van der Waals surface area contributed by atoms with Gasteiger partial charge in [0.2, 0.25) is 59.3 Å². The van der Waals surface area contributed by atoms with E-state index in [0.717, 1.165) is 92.1 Å². The minimum Gasteiger partial charge on any atom is -0.508 e. The topological polar surface area (TPSA) is 574 Å². The zero-order chi connectivity index (χ0) is 82.3. The molecule has 113 heavy (non-hydrogen) atoms. The number of hydrogen-bond donors (Lipinski definition) is 21. The van der Waals surface area contributed by atoms with Crippen LogP contribution in [0.3, 0.4) is 0 Å². The molecule has 2 saturated heterocycles. The van der Waals surface area contributed by atoms with Crippen LogP contribution >= 0.6 is 23.2 Å². The Morgan fingerprint density at radius 3 is 1.80 bits per heavy atom. The van der Waals surface area contributed by atoms with E-state index in [2.05, 4.69) is 56.4 Å². The Bertz CT molecular complexity index is 4390. The SMILES string of the molecule is CN[C@H](CC(C)C)C(=O)N[C@H]1C(=O)N[C@@H](CC(N)=O)C(=O)N[C@H]2C(=O)N[C@H]3C(=O)N[C@H](C(=O)N[C@H](C(=O)O)c4cc(O)cc(O)c4-c4cc3ccc4O)[C@H](O)c3ccc(c(Cl)c3)Oc3cc2cc(c3O[C@@H]2O[C@H](CO)[C@@H](O[C@@H]3O[C@H](CO)[C@@H](O)[C@H](O)[C@H]3NC(=O)CCCCCCC(C)C)[C@H](O)[C@H]2O)Oc2ccc(cc2Cl)[C@H]1O. The number of aliphatic hydroxyl groups excluding tert-OH is 8. The van der Waals surface area contributed by atoms with Crippen LogP contribution < -0.4 is 62.5 Å². The normalized spacial score (nSPS) is 27.6. The van der Waals surface area contributed by atoms with Gasteiger partial charge < -0.3 is 138 Å². The number of aliphatic carboxylic acids is 1. The number of carboxylic acid groups (broad SMARTS) is 1. The molecule has 0 radical (unpaired) electrons. The van der Waals surface area contributed by atoms with E-state index in [9.17, 15) is 90.0 Å². The van der Waals surface area contributed by atoms with Gasteiger partial charge in [0.05, 0.1) is 35.7 Å². The predicted octanol–water partition coefficient (Wildman–Crippen LogP) is 0.813. The second-order valence-corrected chi connectivity index (χ2v) is 29.7. The second kappa shape index (κ2) is 37.0. The van der Waals surface area contributed by atoms with Crippen LogP contribution in [-0.2, 0) is 57.4 Å². The molecule has 11 bridgehead atoms. The molecule has 22 N–H and O–H groups in total. The van der Waals surface area contributed by atoms with Gasteiger partial charge in [0.25, 0.3) is 0 Å². The van der Waals surface area contributed by atoms with Crippen molar-refractivity contribution in [2.45, 2.75) is 195 Å². The van der Waals surface area contributed by atoms with Crippen molar-refractivity contribution in [3.05, 3.63) is 117 Å². The van der Waals surface area contributed by atoms with Gasteiger partial charge in [-0.15, -0.1) is 0 Å². The highest BCUT2D eigenvalue weighted by atomic mass is 35.5. The lowest BCUT2D eigenvalue weighted by Crippen LogP contribution is -2.68. The van der Waals surface area contributed by atoms with Crippen molar-refractivity contribution in [1.29, 1.82) is 0 Å². The molecule has 19 atom stereocenters. The Hall–Kier alpha value is -9.77. The molecule has 12 rings (SSSR count). The van der Waals surface area contributed by atoms with Crippen LogP contribution in [0.5, 0.6) is 46.0 Å². The maximum absolute atomic E-state index is 16.1. The molecular formula is C75H91Cl2N9O27. The molecule has 7 aliphatic heterocycles. The van der Waals surface area contributed by atoms with Crippen LogP contribution in [0.25, 0.3) is 11.1 Å². The fourth-order valence-corrected chi connectivity index (χ4v) is 14.3. The van der Waals surface area contributed by atoms with E-state index in [0.29, 0.717) is 18.8 Å². The quantitative estimate of drug-likeness (QED) is 0.0426. The Labute approximate surface area is 655 Å². The number of phenols is 3. The van der Waals surface area contributed by atoms with E-state index in [4.69, 9.17) is 57.4 Å². The number of carbonyl (C=O) groups excluding carboxylic acids is 8. The highest BCUT2D eigenvalue weighted by Crippen LogP contribution is 2.50. The number of phenolic OH excluding ortho intramolecular Hbond substituents is 3. The van der Waals surface area contributed by atoms with Crippen molar-refractivity contribution in [3.63, 3.8) is 0 Å². The minimum absolute atomic E-state index is 0.0442. The van der Waals surface area contributed by atoms with Gasteiger partial charge in [0, 0.05) is 29.2 Å². The van der Waals surface area contributed by atoms with Gasteiger partial charge in [-0.1, -0.05) is 94.8 Å². The fourth-order valence-electron chi connectivity index (χ4n) is 13.8. The third-order valence-corrected chi connectivity index (χ3v) is 20.4. The number of ether oxygens (including phenoxy) is 6. The Kier molecular flexibility index (Phi) is 28.1. The van der Waals surface area contributed by atoms with Crippen LogP contribution in [0.15, 0.2) is 78.9 Å². The zero-order valence-corrected chi connectivity index (χ0v) is 63.0. The number of amides is 8. The summed E-state index contributed by atoms with van der Waals surface area (Å²) in [6, 6.07) is -2.94. The molecule has 0 saturated carbocycles. The molecule has 0 aromatic heterocycles. The summed E-state index contributed by atoms with van der Waals surface area (Å²) in [5.41, 5.74) is 2.70. The number of fused-ring (bicyclic) bond motifs is 15. The van der Waals surface area contributed by atoms with Crippen molar-refractivity contribution < 1.29 is 133 Å². The summed E-state index contributed by atoms with van der Waals surface area (Å²) in [5.74, 6) is -16.8. The molecule has 38 heteroatoms. The number of rotatable bonds is 22. The monoisotopic (exact) mass is 1620 g/mol. The number of carbonyl (C=O) groups is 9. The Morgan fingerprint density at radius 2 is 1.19 bits per heavy atom. The molecule has 0 unspecified atom stereocenters. The van der Waals surface area contributed by atoms with Crippen molar-refractivity contribution in [3.8, 4) is 57.1 Å². The lowest BCUT2D eigenvalue weighted by molar-refractivity contribution is -0.337. The molecule has 36 nitrogen and oxygen atoms in total. The number of hydrogen-bond acceptors (Lipinski definition) is 27. The number of likely N-dealkylation sites (N-methyl/N-ethyl adjacent to an activating group) is 1. The summed E-state index contributed by atoms with van der Waals surface area (Å²) >= 11 is 14.1. The number of halogens is 2. The number of primary amides is 1. The van der Waals surface area contributed by atoms with E-state index in [1.54, 1.807) is 13.8 Å². The number of benzene rings is 5. The largest absolute Gasteiger partial charge is 0.508 e.